The monoisotopic (exact) mass is 265 g/mol. The Morgan fingerprint density at radius 1 is 1.31 bits per heavy atom. The molecule has 0 aromatic heterocycles. The van der Waals surface area contributed by atoms with E-state index in [9.17, 15) is 12.8 Å². The van der Waals surface area contributed by atoms with E-state index < -0.39 is 15.8 Å². The molecule has 1 aromatic rings. The lowest BCUT2D eigenvalue weighted by Gasteiger charge is -2.18. The number of nitrogens with zero attached hydrogens (tertiary/aromatic N) is 1. The first-order chi connectivity index (χ1) is 7.43. The van der Waals surface area contributed by atoms with Crippen molar-refractivity contribution < 1.29 is 12.8 Å². The Bertz CT molecular complexity index is 472. The molecule has 0 radical (unpaired) electrons. The first-order valence-corrected chi connectivity index (χ1v) is 6.70. The fourth-order valence-corrected chi connectivity index (χ4v) is 3.08. The van der Waals surface area contributed by atoms with Gasteiger partial charge in [0, 0.05) is 13.1 Å². The van der Waals surface area contributed by atoms with Crippen molar-refractivity contribution in [3.8, 4) is 0 Å². The highest BCUT2D eigenvalue weighted by Gasteiger charge is 2.22. The third-order valence-corrected chi connectivity index (χ3v) is 4.57. The van der Waals surface area contributed by atoms with Gasteiger partial charge in [-0.15, -0.1) is 0 Å². The minimum Gasteiger partial charge on any atom is -0.207 e. The smallest absolute Gasteiger partial charge is 0.207 e. The van der Waals surface area contributed by atoms with Crippen molar-refractivity contribution in [3.05, 3.63) is 29.0 Å². The average Bonchev–Trinajstić information content (AvgIpc) is 2.23. The number of rotatable bonds is 4. The predicted octanol–water partition coefficient (Wildman–Crippen LogP) is 2.51. The lowest BCUT2D eigenvalue weighted by atomic mass is 10.3. The second kappa shape index (κ2) is 5.12. The Kier molecular flexibility index (Phi) is 4.29. The van der Waals surface area contributed by atoms with Gasteiger partial charge >= 0.3 is 0 Å². The largest absolute Gasteiger partial charge is 0.243 e. The number of benzene rings is 1. The standard InChI is InChI=1S/C10H13ClFNO2S/c1-3-13(4-2)16(14,15)8-5-6-10(12)9(11)7-8/h5-7H,3-4H2,1-2H3. The average molecular weight is 266 g/mol. The summed E-state index contributed by atoms with van der Waals surface area (Å²) < 4.78 is 38.2. The number of hydrogen-bond donors (Lipinski definition) is 0. The van der Waals surface area contributed by atoms with E-state index in [2.05, 4.69) is 0 Å². The Morgan fingerprint density at radius 3 is 2.31 bits per heavy atom. The zero-order chi connectivity index (χ0) is 12.3. The highest BCUT2D eigenvalue weighted by atomic mass is 35.5. The maximum absolute atomic E-state index is 12.9. The van der Waals surface area contributed by atoms with E-state index in [1.54, 1.807) is 13.8 Å². The summed E-state index contributed by atoms with van der Waals surface area (Å²) in [4.78, 5) is 0.0163. The highest BCUT2D eigenvalue weighted by Crippen LogP contribution is 2.21. The molecule has 0 amide bonds. The third-order valence-electron chi connectivity index (χ3n) is 2.23. The predicted molar refractivity (Wildman–Crippen MR) is 61.5 cm³/mol. The van der Waals surface area contributed by atoms with Crippen LogP contribution in [0.2, 0.25) is 5.02 Å². The molecule has 0 atom stereocenters. The third kappa shape index (κ3) is 2.53. The van der Waals surface area contributed by atoms with Crippen LogP contribution in [-0.2, 0) is 10.0 Å². The number of sulfonamides is 1. The van der Waals surface area contributed by atoms with E-state index in [1.165, 1.54) is 10.4 Å². The molecule has 0 aliphatic carbocycles. The van der Waals surface area contributed by atoms with E-state index in [4.69, 9.17) is 11.6 Å². The summed E-state index contributed by atoms with van der Waals surface area (Å²) in [6.07, 6.45) is 0. The fourth-order valence-electron chi connectivity index (χ4n) is 1.35. The number of halogens is 2. The minimum absolute atomic E-state index is 0.0163. The summed E-state index contributed by atoms with van der Waals surface area (Å²) >= 11 is 5.55. The van der Waals surface area contributed by atoms with Gasteiger partial charge in [-0.3, -0.25) is 0 Å². The molecule has 0 heterocycles. The topological polar surface area (TPSA) is 37.4 Å². The van der Waals surface area contributed by atoms with Gasteiger partial charge in [0.25, 0.3) is 0 Å². The lowest BCUT2D eigenvalue weighted by Crippen LogP contribution is -2.30. The van der Waals surface area contributed by atoms with Crippen molar-refractivity contribution in [3.63, 3.8) is 0 Å². The van der Waals surface area contributed by atoms with Crippen LogP contribution in [-0.4, -0.2) is 25.8 Å². The second-order valence-corrected chi connectivity index (χ2v) is 5.51. The molecule has 0 saturated carbocycles. The second-order valence-electron chi connectivity index (χ2n) is 3.17. The quantitative estimate of drug-likeness (QED) is 0.839. The zero-order valence-corrected chi connectivity index (χ0v) is 10.6. The molecular weight excluding hydrogens is 253 g/mol. The van der Waals surface area contributed by atoms with Gasteiger partial charge in [-0.1, -0.05) is 25.4 Å². The fraction of sp³-hybridized carbons (Fsp3) is 0.400. The molecule has 0 N–H and O–H groups in total. The van der Waals surface area contributed by atoms with Crippen molar-refractivity contribution in [2.24, 2.45) is 0 Å². The maximum atomic E-state index is 12.9. The molecule has 0 bridgehead atoms. The van der Waals surface area contributed by atoms with E-state index in [0.717, 1.165) is 12.1 Å². The summed E-state index contributed by atoms with van der Waals surface area (Å²) in [5, 5.41) is -0.187. The lowest BCUT2D eigenvalue weighted by molar-refractivity contribution is 0.445. The molecule has 0 aliphatic heterocycles. The van der Waals surface area contributed by atoms with Crippen LogP contribution < -0.4 is 0 Å². The van der Waals surface area contributed by atoms with Gasteiger partial charge in [0.15, 0.2) is 0 Å². The van der Waals surface area contributed by atoms with Crippen molar-refractivity contribution in [1.82, 2.24) is 4.31 Å². The Morgan fingerprint density at radius 2 is 1.88 bits per heavy atom. The minimum atomic E-state index is -3.56. The molecule has 16 heavy (non-hydrogen) atoms. The van der Waals surface area contributed by atoms with Gasteiger partial charge in [-0.05, 0) is 18.2 Å². The van der Waals surface area contributed by atoms with Crippen LogP contribution in [0, 0.1) is 5.82 Å². The molecule has 1 aromatic carbocycles. The van der Waals surface area contributed by atoms with Gasteiger partial charge < -0.3 is 0 Å². The normalized spacial score (nSPS) is 12.1. The van der Waals surface area contributed by atoms with Crippen molar-refractivity contribution in [2.75, 3.05) is 13.1 Å². The van der Waals surface area contributed by atoms with E-state index in [-0.39, 0.29) is 9.92 Å². The highest BCUT2D eigenvalue weighted by molar-refractivity contribution is 7.89. The zero-order valence-electron chi connectivity index (χ0n) is 9.07. The molecule has 0 spiro atoms. The van der Waals surface area contributed by atoms with Gasteiger partial charge in [0.1, 0.15) is 5.82 Å². The van der Waals surface area contributed by atoms with E-state index in [1.807, 2.05) is 0 Å². The molecule has 90 valence electrons. The van der Waals surface area contributed by atoms with Crippen LogP contribution in [0.5, 0.6) is 0 Å². The summed E-state index contributed by atoms with van der Waals surface area (Å²) in [5.74, 6) is -0.625. The van der Waals surface area contributed by atoms with E-state index >= 15 is 0 Å². The van der Waals surface area contributed by atoms with E-state index in [0.29, 0.717) is 13.1 Å². The van der Waals surface area contributed by atoms with Gasteiger partial charge in [0.2, 0.25) is 10.0 Å². The molecule has 0 unspecified atom stereocenters. The molecule has 0 fully saturated rings. The Balaban J connectivity index is 3.22. The molecular formula is C10H13ClFNO2S. The molecule has 0 aliphatic rings. The summed E-state index contributed by atoms with van der Waals surface area (Å²) in [6, 6.07) is 3.40. The van der Waals surface area contributed by atoms with Gasteiger partial charge in [-0.2, -0.15) is 4.31 Å². The Hall–Kier alpha value is -0.650. The van der Waals surface area contributed by atoms with Crippen LogP contribution in [0.15, 0.2) is 23.1 Å². The summed E-state index contributed by atoms with van der Waals surface area (Å²) in [6.45, 7) is 4.22. The summed E-state index contributed by atoms with van der Waals surface area (Å²) in [5.41, 5.74) is 0. The maximum Gasteiger partial charge on any atom is 0.243 e. The van der Waals surface area contributed by atoms with Crippen molar-refractivity contribution in [1.29, 1.82) is 0 Å². The van der Waals surface area contributed by atoms with Crippen LogP contribution in [0.4, 0.5) is 4.39 Å². The summed E-state index contributed by atoms with van der Waals surface area (Å²) in [7, 11) is -3.56. The molecule has 3 nitrogen and oxygen atoms in total. The van der Waals surface area contributed by atoms with Crippen molar-refractivity contribution in [2.45, 2.75) is 18.7 Å². The van der Waals surface area contributed by atoms with Crippen LogP contribution in [0.3, 0.4) is 0 Å². The first kappa shape index (κ1) is 13.4. The Labute approximate surface area is 99.9 Å². The molecule has 1 rings (SSSR count). The number of hydrogen-bond acceptors (Lipinski definition) is 2. The first-order valence-electron chi connectivity index (χ1n) is 4.88. The van der Waals surface area contributed by atoms with Crippen LogP contribution in [0.1, 0.15) is 13.8 Å². The van der Waals surface area contributed by atoms with Crippen LogP contribution in [0.25, 0.3) is 0 Å². The van der Waals surface area contributed by atoms with Gasteiger partial charge in [0.05, 0.1) is 9.92 Å². The SMILES string of the molecule is CCN(CC)S(=O)(=O)c1ccc(F)c(Cl)c1. The van der Waals surface area contributed by atoms with Crippen molar-refractivity contribution >= 4 is 21.6 Å². The molecule has 6 heteroatoms. The molecule has 0 saturated heterocycles. The van der Waals surface area contributed by atoms with Gasteiger partial charge in [-0.25, -0.2) is 12.8 Å². The van der Waals surface area contributed by atoms with Crippen LogP contribution >= 0.6 is 11.6 Å².